The second kappa shape index (κ2) is 5.75. The lowest BCUT2D eigenvalue weighted by molar-refractivity contribution is -0.108. The van der Waals surface area contributed by atoms with Gasteiger partial charge in [0.15, 0.2) is 0 Å². The number of hydrogen-bond donors (Lipinski definition) is 0. The van der Waals surface area contributed by atoms with Gasteiger partial charge in [-0.25, -0.2) is 0 Å². The molecule has 0 aromatic heterocycles. The second-order valence-corrected chi connectivity index (χ2v) is 3.94. The fraction of sp³-hybridized carbons (Fsp3) is 0.417. The first-order chi connectivity index (χ1) is 7.63. The molecule has 0 fully saturated rings. The molecule has 16 heavy (non-hydrogen) atoms. The molecule has 0 aliphatic rings. The summed E-state index contributed by atoms with van der Waals surface area (Å²) in [5.41, 5.74) is 0.888. The molecule has 4 heteroatoms. The quantitative estimate of drug-likeness (QED) is 0.745. The highest BCUT2D eigenvalue weighted by Crippen LogP contribution is 2.38. The minimum absolute atomic E-state index is 0.0556. The third-order valence-corrected chi connectivity index (χ3v) is 2.75. The number of carbonyl (C=O) groups excluding carboxylic acids is 1. The van der Waals surface area contributed by atoms with Gasteiger partial charge in [-0.05, 0) is 12.0 Å². The average molecular weight is 243 g/mol. The Bertz CT molecular complexity index is 377. The van der Waals surface area contributed by atoms with E-state index in [2.05, 4.69) is 0 Å². The fourth-order valence-electron chi connectivity index (χ4n) is 1.56. The van der Waals surface area contributed by atoms with Crippen LogP contribution in [0.3, 0.4) is 0 Å². The Hall–Kier alpha value is -1.22. The van der Waals surface area contributed by atoms with Crippen molar-refractivity contribution in [1.29, 1.82) is 0 Å². The number of rotatable bonds is 5. The molecule has 1 aromatic rings. The third kappa shape index (κ3) is 2.67. The summed E-state index contributed by atoms with van der Waals surface area (Å²) >= 11 is 6.06. The molecular formula is C12H15ClO3. The van der Waals surface area contributed by atoms with Gasteiger partial charge in [0, 0.05) is 18.1 Å². The van der Waals surface area contributed by atoms with Gasteiger partial charge in [-0.1, -0.05) is 18.5 Å². The Balaban J connectivity index is 3.21. The predicted octanol–water partition coefficient (Wildman–Crippen LogP) is 3.05. The monoisotopic (exact) mass is 242 g/mol. The first-order valence-corrected chi connectivity index (χ1v) is 5.36. The summed E-state index contributed by atoms with van der Waals surface area (Å²) in [6.45, 7) is 1.95. The highest BCUT2D eigenvalue weighted by molar-refractivity contribution is 6.32. The minimum atomic E-state index is 0.0556. The van der Waals surface area contributed by atoms with Crippen LogP contribution >= 0.6 is 11.6 Å². The van der Waals surface area contributed by atoms with Gasteiger partial charge in [-0.3, -0.25) is 0 Å². The number of carbonyl (C=O) groups is 1. The van der Waals surface area contributed by atoms with E-state index in [4.69, 9.17) is 21.1 Å². The van der Waals surface area contributed by atoms with Crippen LogP contribution < -0.4 is 9.47 Å². The zero-order valence-corrected chi connectivity index (χ0v) is 10.4. The summed E-state index contributed by atoms with van der Waals surface area (Å²) < 4.78 is 10.4. The van der Waals surface area contributed by atoms with Crippen LogP contribution in [0.2, 0.25) is 5.02 Å². The van der Waals surface area contributed by atoms with Gasteiger partial charge < -0.3 is 14.3 Å². The highest BCUT2D eigenvalue weighted by atomic mass is 35.5. The van der Waals surface area contributed by atoms with Crippen molar-refractivity contribution in [2.24, 2.45) is 0 Å². The zero-order valence-electron chi connectivity index (χ0n) is 9.62. The predicted molar refractivity (Wildman–Crippen MR) is 63.7 cm³/mol. The van der Waals surface area contributed by atoms with Crippen LogP contribution in [0.25, 0.3) is 0 Å². The van der Waals surface area contributed by atoms with Crippen molar-refractivity contribution in [2.45, 2.75) is 19.3 Å². The van der Waals surface area contributed by atoms with E-state index < -0.39 is 0 Å². The van der Waals surface area contributed by atoms with E-state index in [1.165, 1.54) is 0 Å². The van der Waals surface area contributed by atoms with Gasteiger partial charge in [0.05, 0.1) is 19.2 Å². The second-order valence-electron chi connectivity index (χ2n) is 3.54. The van der Waals surface area contributed by atoms with Crippen molar-refractivity contribution in [3.8, 4) is 11.5 Å². The molecule has 0 bridgehead atoms. The molecule has 1 rings (SSSR count). The number of aldehydes is 1. The normalized spacial score (nSPS) is 12.0. The van der Waals surface area contributed by atoms with Crippen LogP contribution in [0, 0.1) is 0 Å². The Morgan fingerprint density at radius 2 is 2.06 bits per heavy atom. The summed E-state index contributed by atoms with van der Waals surface area (Å²) in [4.78, 5) is 10.5. The van der Waals surface area contributed by atoms with E-state index in [-0.39, 0.29) is 5.92 Å². The summed E-state index contributed by atoms with van der Waals surface area (Å²) in [5.74, 6) is 1.33. The van der Waals surface area contributed by atoms with Gasteiger partial charge in [-0.15, -0.1) is 0 Å². The standard InChI is InChI=1S/C12H15ClO3/c1-8(4-5-14)10-6-9(15-2)7-11(13)12(10)16-3/h5-8H,4H2,1-3H3. The summed E-state index contributed by atoms with van der Waals surface area (Å²) in [6.07, 6.45) is 1.32. The zero-order chi connectivity index (χ0) is 12.1. The molecule has 0 spiro atoms. The molecule has 0 aliphatic carbocycles. The molecule has 88 valence electrons. The van der Waals surface area contributed by atoms with Gasteiger partial charge in [0.25, 0.3) is 0 Å². The topological polar surface area (TPSA) is 35.5 Å². The maximum absolute atomic E-state index is 10.5. The highest BCUT2D eigenvalue weighted by Gasteiger charge is 2.16. The lowest BCUT2D eigenvalue weighted by Gasteiger charge is -2.16. The van der Waals surface area contributed by atoms with Crippen molar-refractivity contribution in [3.63, 3.8) is 0 Å². The molecule has 3 nitrogen and oxygen atoms in total. The van der Waals surface area contributed by atoms with Gasteiger partial charge >= 0.3 is 0 Å². The molecule has 1 unspecified atom stereocenters. The molecule has 0 heterocycles. The number of halogens is 1. The van der Waals surface area contributed by atoms with Crippen LogP contribution in [0.1, 0.15) is 24.8 Å². The summed E-state index contributed by atoms with van der Waals surface area (Å²) in [6, 6.07) is 3.54. The van der Waals surface area contributed by atoms with Gasteiger partial charge in [0.1, 0.15) is 17.8 Å². The lowest BCUT2D eigenvalue weighted by Crippen LogP contribution is -2.00. The Morgan fingerprint density at radius 3 is 2.56 bits per heavy atom. The summed E-state index contributed by atoms with van der Waals surface area (Å²) in [7, 11) is 3.14. The lowest BCUT2D eigenvalue weighted by atomic mass is 9.97. The molecular weight excluding hydrogens is 228 g/mol. The van der Waals surface area contributed by atoms with Crippen LogP contribution in [-0.2, 0) is 4.79 Å². The maximum atomic E-state index is 10.5. The van der Waals surface area contributed by atoms with Gasteiger partial charge in [-0.2, -0.15) is 0 Å². The van der Waals surface area contributed by atoms with E-state index >= 15 is 0 Å². The van der Waals surface area contributed by atoms with Crippen molar-refractivity contribution in [3.05, 3.63) is 22.7 Å². The maximum Gasteiger partial charge on any atom is 0.141 e. The molecule has 0 aliphatic heterocycles. The first kappa shape index (κ1) is 12.8. The van der Waals surface area contributed by atoms with Crippen molar-refractivity contribution in [2.75, 3.05) is 14.2 Å². The van der Waals surface area contributed by atoms with E-state index in [1.807, 2.05) is 13.0 Å². The molecule has 0 N–H and O–H groups in total. The van der Waals surface area contributed by atoms with E-state index in [0.717, 1.165) is 11.8 Å². The third-order valence-electron chi connectivity index (χ3n) is 2.47. The Morgan fingerprint density at radius 1 is 1.38 bits per heavy atom. The van der Waals surface area contributed by atoms with Crippen LogP contribution in [0.4, 0.5) is 0 Å². The van der Waals surface area contributed by atoms with E-state index in [0.29, 0.717) is 22.9 Å². The molecule has 1 atom stereocenters. The Labute approximate surface area is 100 Å². The van der Waals surface area contributed by atoms with Crippen molar-refractivity contribution >= 4 is 17.9 Å². The van der Waals surface area contributed by atoms with Crippen LogP contribution in [-0.4, -0.2) is 20.5 Å². The molecule has 0 saturated carbocycles. The number of benzene rings is 1. The molecule has 0 saturated heterocycles. The fourth-order valence-corrected chi connectivity index (χ4v) is 1.85. The number of ether oxygens (including phenoxy) is 2. The van der Waals surface area contributed by atoms with Crippen molar-refractivity contribution < 1.29 is 14.3 Å². The SMILES string of the molecule is COc1cc(Cl)c(OC)c(C(C)CC=O)c1. The van der Waals surface area contributed by atoms with Crippen LogP contribution in [0.5, 0.6) is 11.5 Å². The Kier molecular flexibility index (Phi) is 4.62. The van der Waals surface area contributed by atoms with Gasteiger partial charge in [0.2, 0.25) is 0 Å². The van der Waals surface area contributed by atoms with E-state index in [1.54, 1.807) is 20.3 Å². The number of methoxy groups -OCH3 is 2. The van der Waals surface area contributed by atoms with E-state index in [9.17, 15) is 4.79 Å². The smallest absolute Gasteiger partial charge is 0.141 e. The largest absolute Gasteiger partial charge is 0.497 e. The minimum Gasteiger partial charge on any atom is -0.497 e. The van der Waals surface area contributed by atoms with Crippen molar-refractivity contribution in [1.82, 2.24) is 0 Å². The molecule has 0 amide bonds. The number of hydrogen-bond acceptors (Lipinski definition) is 3. The molecule has 1 aromatic carbocycles. The average Bonchev–Trinajstić information content (AvgIpc) is 2.28. The summed E-state index contributed by atoms with van der Waals surface area (Å²) in [5, 5.41) is 0.495. The molecule has 0 radical (unpaired) electrons. The van der Waals surface area contributed by atoms with Crippen LogP contribution in [0.15, 0.2) is 12.1 Å². The first-order valence-electron chi connectivity index (χ1n) is 4.99.